The van der Waals surface area contributed by atoms with Crippen LogP contribution < -0.4 is 4.74 Å². The maximum Gasteiger partial charge on any atom is 0.460 e. The highest BCUT2D eigenvalue weighted by Gasteiger charge is 2.90. The summed E-state index contributed by atoms with van der Waals surface area (Å²) in [5, 5.41) is 0. The number of methoxy groups -OCH3 is 1. The van der Waals surface area contributed by atoms with Crippen LogP contribution in [0.5, 0.6) is 5.75 Å². The number of hydrogen-bond donors (Lipinski definition) is 0. The first-order valence-electron chi connectivity index (χ1n) is 8.82. The van der Waals surface area contributed by atoms with Crippen LogP contribution in [-0.4, -0.2) is 49.0 Å². The van der Waals surface area contributed by atoms with Crippen LogP contribution in [0.2, 0.25) is 0 Å². The highest BCUT2D eigenvalue weighted by molar-refractivity contribution is 5.30. The molecule has 1 rings (SSSR count). The molecule has 0 heterocycles. The van der Waals surface area contributed by atoms with Crippen LogP contribution >= 0.6 is 0 Å². The van der Waals surface area contributed by atoms with E-state index in [9.17, 15) is 57.1 Å². The van der Waals surface area contributed by atoms with Crippen LogP contribution in [-0.2, 0) is 4.74 Å². The van der Waals surface area contributed by atoms with Crippen LogP contribution in [0, 0.1) is 0 Å². The second-order valence-corrected chi connectivity index (χ2v) is 7.17. The summed E-state index contributed by atoms with van der Waals surface area (Å²) < 4.78 is 182. The predicted molar refractivity (Wildman–Crippen MR) is 87.4 cm³/mol. The summed E-state index contributed by atoms with van der Waals surface area (Å²) in [4.78, 5) is 0. The predicted octanol–water partition coefficient (Wildman–Crippen LogP) is 7.29. The summed E-state index contributed by atoms with van der Waals surface area (Å²) in [6.45, 7) is 3.10. The Morgan fingerprint density at radius 1 is 0.727 bits per heavy atom. The molecule has 1 unspecified atom stereocenters. The van der Waals surface area contributed by atoms with Gasteiger partial charge >= 0.3 is 35.8 Å². The van der Waals surface area contributed by atoms with Crippen LogP contribution in [0.3, 0.4) is 0 Å². The molecule has 1 aromatic carbocycles. The standard InChI is InChI=1S/C18H17F13O2/c1-9(2)33-11-6-4-5-10(7-11)12(32-3)8-13(19,20)14(21,22)15(23,24)16(25,26)17(27,28)18(29,30)31/h4-7,9,12H,8H2,1-3H3. The molecule has 0 saturated carbocycles. The Labute approximate surface area is 178 Å². The summed E-state index contributed by atoms with van der Waals surface area (Å²) in [6, 6.07) is 4.39. The van der Waals surface area contributed by atoms with Crippen molar-refractivity contribution < 1.29 is 66.5 Å². The van der Waals surface area contributed by atoms with E-state index in [1.54, 1.807) is 13.8 Å². The van der Waals surface area contributed by atoms with Crippen molar-refractivity contribution in [3.05, 3.63) is 29.8 Å². The topological polar surface area (TPSA) is 18.5 Å². The lowest BCUT2D eigenvalue weighted by atomic mass is 9.90. The van der Waals surface area contributed by atoms with Gasteiger partial charge in [0.15, 0.2) is 0 Å². The molecule has 0 N–H and O–H groups in total. The largest absolute Gasteiger partial charge is 0.491 e. The van der Waals surface area contributed by atoms with Gasteiger partial charge in [-0.2, -0.15) is 57.1 Å². The SMILES string of the molecule is COC(CC(F)(F)C(F)(F)C(F)(F)C(F)(F)C(F)(F)C(F)(F)F)c1cccc(OC(C)C)c1. The summed E-state index contributed by atoms with van der Waals surface area (Å²) in [5.41, 5.74) is -0.387. The quantitative estimate of drug-likeness (QED) is 0.307. The van der Waals surface area contributed by atoms with Gasteiger partial charge in [-0.25, -0.2) is 0 Å². The van der Waals surface area contributed by atoms with E-state index in [1.807, 2.05) is 0 Å². The molecule has 1 aromatic rings. The zero-order chi connectivity index (χ0) is 26.3. The Hall–Kier alpha value is -1.93. The van der Waals surface area contributed by atoms with Gasteiger partial charge in [0.2, 0.25) is 0 Å². The van der Waals surface area contributed by atoms with E-state index in [4.69, 9.17) is 4.74 Å². The molecule has 0 aliphatic heterocycles. The average molecular weight is 512 g/mol. The minimum atomic E-state index is -7.93. The molecule has 0 fully saturated rings. The van der Waals surface area contributed by atoms with Gasteiger partial charge < -0.3 is 9.47 Å². The highest BCUT2D eigenvalue weighted by Crippen LogP contribution is 2.61. The molecule has 33 heavy (non-hydrogen) atoms. The molecular weight excluding hydrogens is 495 g/mol. The molecule has 0 aromatic heterocycles. The first-order valence-corrected chi connectivity index (χ1v) is 8.82. The lowest BCUT2D eigenvalue weighted by Crippen LogP contribution is -2.70. The van der Waals surface area contributed by atoms with Crippen molar-refractivity contribution in [2.24, 2.45) is 0 Å². The number of ether oxygens (including phenoxy) is 2. The number of rotatable bonds is 10. The fourth-order valence-electron chi connectivity index (χ4n) is 2.56. The maximum atomic E-state index is 14.1. The highest BCUT2D eigenvalue weighted by atomic mass is 19.4. The van der Waals surface area contributed by atoms with Gasteiger partial charge in [-0.05, 0) is 31.5 Å². The van der Waals surface area contributed by atoms with Gasteiger partial charge in [0.05, 0.1) is 12.2 Å². The van der Waals surface area contributed by atoms with Gasteiger partial charge in [0, 0.05) is 13.5 Å². The third-order valence-electron chi connectivity index (χ3n) is 4.33. The molecule has 0 bridgehead atoms. The van der Waals surface area contributed by atoms with E-state index in [2.05, 4.69) is 4.74 Å². The van der Waals surface area contributed by atoms with Crippen molar-refractivity contribution in [3.8, 4) is 5.75 Å². The summed E-state index contributed by atoms with van der Waals surface area (Å²) in [6.07, 6.45) is -12.6. The van der Waals surface area contributed by atoms with E-state index in [0.717, 1.165) is 18.2 Å². The molecule has 2 nitrogen and oxygen atoms in total. The van der Waals surface area contributed by atoms with Gasteiger partial charge in [0.25, 0.3) is 0 Å². The van der Waals surface area contributed by atoms with E-state index in [0.29, 0.717) is 7.11 Å². The van der Waals surface area contributed by atoms with Gasteiger partial charge in [-0.1, -0.05) is 12.1 Å². The molecule has 0 saturated heterocycles. The second-order valence-electron chi connectivity index (χ2n) is 7.17. The Morgan fingerprint density at radius 2 is 1.21 bits per heavy atom. The van der Waals surface area contributed by atoms with Crippen LogP contribution in [0.1, 0.15) is 31.9 Å². The third kappa shape index (κ3) is 5.11. The first-order chi connectivity index (χ1) is 14.6. The van der Waals surface area contributed by atoms with Crippen LogP contribution in [0.15, 0.2) is 24.3 Å². The van der Waals surface area contributed by atoms with Crippen molar-refractivity contribution in [1.29, 1.82) is 0 Å². The molecule has 1 atom stereocenters. The zero-order valence-corrected chi connectivity index (χ0v) is 16.9. The molecule has 0 radical (unpaired) electrons. The fraction of sp³-hybridized carbons (Fsp3) is 0.667. The number of halogens is 13. The Balaban J connectivity index is 3.39. The van der Waals surface area contributed by atoms with Crippen molar-refractivity contribution in [3.63, 3.8) is 0 Å². The van der Waals surface area contributed by atoms with Crippen molar-refractivity contribution in [2.45, 2.75) is 68.3 Å². The van der Waals surface area contributed by atoms with Gasteiger partial charge in [-0.3, -0.25) is 0 Å². The maximum absolute atomic E-state index is 14.1. The van der Waals surface area contributed by atoms with Gasteiger partial charge in [-0.15, -0.1) is 0 Å². The Bertz CT molecular complexity index is 803. The first kappa shape index (κ1) is 29.1. The van der Waals surface area contributed by atoms with E-state index < -0.39 is 54.4 Å². The van der Waals surface area contributed by atoms with E-state index in [-0.39, 0.29) is 11.3 Å². The number of alkyl halides is 13. The lowest BCUT2D eigenvalue weighted by Gasteiger charge is -2.40. The third-order valence-corrected chi connectivity index (χ3v) is 4.33. The molecular formula is C18H17F13O2. The Morgan fingerprint density at radius 3 is 1.64 bits per heavy atom. The summed E-state index contributed by atoms with van der Waals surface area (Å²) in [5.74, 6) is -37.1. The molecule has 0 aliphatic rings. The number of hydrogen-bond acceptors (Lipinski definition) is 2. The van der Waals surface area contributed by atoms with Gasteiger partial charge in [0.1, 0.15) is 5.75 Å². The van der Waals surface area contributed by atoms with E-state index in [1.165, 1.54) is 6.07 Å². The van der Waals surface area contributed by atoms with Crippen LogP contribution in [0.25, 0.3) is 0 Å². The molecule has 192 valence electrons. The zero-order valence-electron chi connectivity index (χ0n) is 16.9. The summed E-state index contributed by atoms with van der Waals surface area (Å²) >= 11 is 0. The summed E-state index contributed by atoms with van der Waals surface area (Å²) in [7, 11) is 0.652. The Kier molecular flexibility index (Phi) is 7.96. The van der Waals surface area contributed by atoms with Crippen LogP contribution in [0.4, 0.5) is 57.1 Å². The monoisotopic (exact) mass is 512 g/mol. The minimum absolute atomic E-state index is 0.0127. The molecule has 0 spiro atoms. The van der Waals surface area contributed by atoms with Crippen molar-refractivity contribution in [1.82, 2.24) is 0 Å². The molecule has 0 aliphatic carbocycles. The van der Waals surface area contributed by atoms with Crippen molar-refractivity contribution in [2.75, 3.05) is 7.11 Å². The molecule has 0 amide bonds. The number of benzene rings is 1. The second kappa shape index (κ2) is 9.02. The fourth-order valence-corrected chi connectivity index (χ4v) is 2.56. The lowest BCUT2D eigenvalue weighted by molar-refractivity contribution is -0.440. The van der Waals surface area contributed by atoms with Crippen molar-refractivity contribution >= 4 is 0 Å². The normalized spacial score (nSPS) is 15.7. The average Bonchev–Trinajstić information content (AvgIpc) is 2.64. The molecule has 15 heteroatoms. The smallest absolute Gasteiger partial charge is 0.460 e. The van der Waals surface area contributed by atoms with E-state index >= 15 is 0 Å². The minimum Gasteiger partial charge on any atom is -0.491 e.